The summed E-state index contributed by atoms with van der Waals surface area (Å²) >= 11 is 0. The molecule has 1 aromatic rings. The summed E-state index contributed by atoms with van der Waals surface area (Å²) in [6.45, 7) is 7.70. The molecule has 1 heterocycles. The molecule has 1 aliphatic rings. The Morgan fingerprint density at radius 2 is 1.95 bits per heavy atom. The third-order valence-electron chi connectivity index (χ3n) is 4.20. The first-order valence-electron chi connectivity index (χ1n) is 6.63. The van der Waals surface area contributed by atoms with Crippen LogP contribution in [0.4, 0.5) is 0 Å². The molecule has 1 fully saturated rings. The lowest BCUT2D eigenvalue weighted by atomic mass is 9.78. The summed E-state index contributed by atoms with van der Waals surface area (Å²) in [5.41, 5.74) is -0.182. The average molecular weight is 266 g/mol. The van der Waals surface area contributed by atoms with Crippen LogP contribution in [0.15, 0.2) is 30.3 Å². The van der Waals surface area contributed by atoms with Crippen LogP contribution in [0.25, 0.3) is 0 Å². The fourth-order valence-corrected chi connectivity index (χ4v) is 2.39. The Labute approximate surface area is 114 Å². The van der Waals surface area contributed by atoms with E-state index in [9.17, 15) is 0 Å². The summed E-state index contributed by atoms with van der Waals surface area (Å²) in [6, 6.07) is 10.0. The fraction of sp³-hybridized carbons (Fsp3) is 0.600. The van der Waals surface area contributed by atoms with Crippen LogP contribution in [0.5, 0.6) is 0 Å². The maximum absolute atomic E-state index is 8.94. The minimum Gasteiger partial charge on any atom is -0.251 e. The molecule has 2 unspecified atom stereocenters. The van der Waals surface area contributed by atoms with Crippen molar-refractivity contribution in [1.29, 1.82) is 0 Å². The van der Waals surface area contributed by atoms with Crippen molar-refractivity contribution in [3.8, 4) is 0 Å². The summed E-state index contributed by atoms with van der Waals surface area (Å²) in [5, 5.41) is 8.94. The third-order valence-corrected chi connectivity index (χ3v) is 4.20. The normalized spacial score (nSPS) is 32.3. The lowest BCUT2D eigenvalue weighted by molar-refractivity contribution is -0.461. The highest BCUT2D eigenvalue weighted by Gasteiger charge is 2.46. The van der Waals surface area contributed by atoms with Crippen LogP contribution >= 0.6 is 0 Å². The highest BCUT2D eigenvalue weighted by molar-refractivity contribution is 5.23. The van der Waals surface area contributed by atoms with Crippen molar-refractivity contribution in [2.75, 3.05) is 0 Å². The summed E-state index contributed by atoms with van der Waals surface area (Å²) in [4.78, 5) is 15.7. The van der Waals surface area contributed by atoms with Crippen LogP contribution in [-0.2, 0) is 20.3 Å². The maximum atomic E-state index is 8.94. The molecule has 4 heteroatoms. The van der Waals surface area contributed by atoms with Crippen molar-refractivity contribution in [2.24, 2.45) is 5.92 Å². The molecule has 3 atom stereocenters. The van der Waals surface area contributed by atoms with Gasteiger partial charge in [0.15, 0.2) is 0 Å². The van der Waals surface area contributed by atoms with E-state index in [1.807, 2.05) is 37.3 Å². The highest BCUT2D eigenvalue weighted by Crippen LogP contribution is 2.42. The molecule has 0 amide bonds. The van der Waals surface area contributed by atoms with E-state index < -0.39 is 11.2 Å². The van der Waals surface area contributed by atoms with Crippen molar-refractivity contribution < 1.29 is 19.9 Å². The van der Waals surface area contributed by atoms with Crippen LogP contribution in [0.3, 0.4) is 0 Å². The number of rotatable bonds is 3. The number of hydrogen-bond donors (Lipinski definition) is 1. The van der Waals surface area contributed by atoms with Crippen LogP contribution in [0.1, 0.15) is 39.7 Å². The first-order chi connectivity index (χ1) is 8.90. The van der Waals surface area contributed by atoms with Crippen molar-refractivity contribution in [2.45, 2.75) is 51.4 Å². The Morgan fingerprint density at radius 1 is 1.32 bits per heavy atom. The molecular formula is C15H22O4. The van der Waals surface area contributed by atoms with E-state index in [1.165, 1.54) is 0 Å². The van der Waals surface area contributed by atoms with Crippen LogP contribution in [-0.4, -0.2) is 17.0 Å². The first-order valence-corrected chi connectivity index (χ1v) is 6.63. The molecule has 4 nitrogen and oxygen atoms in total. The maximum Gasteiger partial charge on any atom is 0.128 e. The van der Waals surface area contributed by atoms with Gasteiger partial charge < -0.3 is 0 Å². The molecule has 1 saturated heterocycles. The standard InChI is InChI=1S/C15H22O4/c1-11-10-13(14(2,3)18-16)17-19-15(11,4)12-8-6-5-7-9-12/h5-9,11,13,16H,10H2,1-4H3/t11?,13?,15-/m1/s1. The van der Waals surface area contributed by atoms with Gasteiger partial charge in [0.25, 0.3) is 0 Å². The van der Waals surface area contributed by atoms with E-state index in [-0.39, 0.29) is 12.0 Å². The van der Waals surface area contributed by atoms with Gasteiger partial charge in [-0.15, -0.1) is 0 Å². The predicted octanol–water partition coefficient (Wildman–Crippen LogP) is 3.53. The molecule has 106 valence electrons. The molecule has 0 spiro atoms. The van der Waals surface area contributed by atoms with Crippen molar-refractivity contribution in [3.63, 3.8) is 0 Å². The second-order valence-electron chi connectivity index (χ2n) is 5.97. The summed E-state index contributed by atoms with van der Waals surface area (Å²) in [7, 11) is 0. The Balaban J connectivity index is 2.17. The van der Waals surface area contributed by atoms with Gasteiger partial charge in [-0.3, -0.25) is 5.26 Å². The first kappa shape index (κ1) is 14.5. The second kappa shape index (κ2) is 5.21. The van der Waals surface area contributed by atoms with E-state index in [0.29, 0.717) is 0 Å². The molecule has 0 aromatic heterocycles. The van der Waals surface area contributed by atoms with E-state index in [2.05, 4.69) is 11.8 Å². The molecule has 0 radical (unpaired) electrons. The van der Waals surface area contributed by atoms with Gasteiger partial charge in [-0.1, -0.05) is 37.3 Å². The molecular weight excluding hydrogens is 244 g/mol. The highest BCUT2D eigenvalue weighted by atomic mass is 17.2. The van der Waals surface area contributed by atoms with Gasteiger partial charge in [-0.25, -0.2) is 14.7 Å². The number of hydrogen-bond acceptors (Lipinski definition) is 4. The van der Waals surface area contributed by atoms with Crippen molar-refractivity contribution in [3.05, 3.63) is 35.9 Å². The van der Waals surface area contributed by atoms with Gasteiger partial charge >= 0.3 is 0 Å². The molecule has 19 heavy (non-hydrogen) atoms. The molecule has 0 bridgehead atoms. The third kappa shape index (κ3) is 2.67. The van der Waals surface area contributed by atoms with E-state index in [4.69, 9.17) is 15.0 Å². The lowest BCUT2D eigenvalue weighted by Crippen LogP contribution is -2.50. The fourth-order valence-electron chi connectivity index (χ4n) is 2.39. The molecule has 2 rings (SSSR count). The topological polar surface area (TPSA) is 47.9 Å². The van der Waals surface area contributed by atoms with E-state index in [1.54, 1.807) is 13.8 Å². The quantitative estimate of drug-likeness (QED) is 0.671. The van der Waals surface area contributed by atoms with E-state index in [0.717, 1.165) is 12.0 Å². The predicted molar refractivity (Wildman–Crippen MR) is 71.3 cm³/mol. The second-order valence-corrected chi connectivity index (χ2v) is 5.97. The van der Waals surface area contributed by atoms with Gasteiger partial charge in [-0.2, -0.15) is 0 Å². The minimum atomic E-state index is -0.785. The largest absolute Gasteiger partial charge is 0.251 e. The van der Waals surface area contributed by atoms with Crippen molar-refractivity contribution >= 4 is 0 Å². The monoisotopic (exact) mass is 266 g/mol. The van der Waals surface area contributed by atoms with Gasteiger partial charge in [0.1, 0.15) is 17.3 Å². The Kier molecular flexibility index (Phi) is 3.97. The summed E-state index contributed by atoms with van der Waals surface area (Å²) in [6.07, 6.45) is 0.447. The van der Waals surface area contributed by atoms with Crippen LogP contribution < -0.4 is 0 Å². The van der Waals surface area contributed by atoms with Crippen LogP contribution in [0, 0.1) is 5.92 Å². The molecule has 0 aliphatic carbocycles. The zero-order valence-electron chi connectivity index (χ0n) is 11.9. The average Bonchev–Trinajstić information content (AvgIpc) is 2.42. The van der Waals surface area contributed by atoms with Gasteiger partial charge in [0, 0.05) is 0 Å². The Morgan fingerprint density at radius 3 is 2.47 bits per heavy atom. The molecule has 1 aliphatic heterocycles. The molecule has 0 saturated carbocycles. The molecule has 1 aromatic carbocycles. The van der Waals surface area contributed by atoms with Gasteiger partial charge in [0.2, 0.25) is 0 Å². The van der Waals surface area contributed by atoms with Crippen molar-refractivity contribution in [1.82, 2.24) is 0 Å². The lowest BCUT2D eigenvalue weighted by Gasteiger charge is -2.44. The SMILES string of the molecule is CC1CC(C(C)(C)OO)OO[C@@]1(C)c1ccccc1. The smallest absolute Gasteiger partial charge is 0.128 e. The van der Waals surface area contributed by atoms with E-state index >= 15 is 0 Å². The van der Waals surface area contributed by atoms with Gasteiger partial charge in [-0.05, 0) is 38.7 Å². The van der Waals surface area contributed by atoms with Crippen LogP contribution in [0.2, 0.25) is 0 Å². The summed E-state index contributed by atoms with van der Waals surface area (Å²) in [5.74, 6) is 0.239. The zero-order chi connectivity index (χ0) is 14.1. The zero-order valence-corrected chi connectivity index (χ0v) is 11.9. The Hall–Kier alpha value is -0.940. The minimum absolute atomic E-state index is 0.239. The van der Waals surface area contributed by atoms with Gasteiger partial charge in [0.05, 0.1) is 0 Å². The Bertz CT molecular complexity index is 417. The molecule has 1 N–H and O–H groups in total. The number of benzene rings is 1. The summed E-state index contributed by atoms with van der Waals surface area (Å²) < 4.78 is 0.